The molecule has 0 unspecified atom stereocenters. The number of aromatic nitrogens is 1. The van der Waals surface area contributed by atoms with Gasteiger partial charge in [0.1, 0.15) is 5.75 Å². The molecule has 25 heavy (non-hydrogen) atoms. The fraction of sp³-hybridized carbons (Fsp3) is 0.200. The van der Waals surface area contributed by atoms with Crippen LogP contribution in [0.15, 0.2) is 59.5 Å². The van der Waals surface area contributed by atoms with Crippen LogP contribution >= 0.6 is 0 Å². The van der Waals surface area contributed by atoms with Gasteiger partial charge in [0.2, 0.25) is 0 Å². The summed E-state index contributed by atoms with van der Waals surface area (Å²) in [5, 5.41) is 1.04. The van der Waals surface area contributed by atoms with E-state index in [1.165, 1.54) is 10.8 Å². The highest BCUT2D eigenvalue weighted by Crippen LogP contribution is 2.21. The molecule has 1 aromatic heterocycles. The summed E-state index contributed by atoms with van der Waals surface area (Å²) >= 11 is 0. The third-order valence-corrected chi connectivity index (χ3v) is 3.82. The van der Waals surface area contributed by atoms with Crippen LogP contribution in [0, 0.1) is 0 Å². The van der Waals surface area contributed by atoms with E-state index in [0.29, 0.717) is 27.8 Å². The Bertz CT molecular complexity index is 988. The largest absolute Gasteiger partial charge is 0.497 e. The Balaban J connectivity index is 2.27. The van der Waals surface area contributed by atoms with Crippen molar-refractivity contribution in [1.29, 1.82) is 0 Å². The number of pyridine rings is 1. The van der Waals surface area contributed by atoms with Gasteiger partial charge in [-0.05, 0) is 32.0 Å². The Morgan fingerprint density at radius 2 is 1.76 bits per heavy atom. The first-order valence-corrected chi connectivity index (χ1v) is 8.01. The summed E-state index contributed by atoms with van der Waals surface area (Å²) in [6.45, 7) is 3.58. The number of fused-ring (bicyclic) bond motifs is 1. The van der Waals surface area contributed by atoms with E-state index < -0.39 is 5.97 Å². The highest BCUT2D eigenvalue weighted by molar-refractivity contribution is 6.04. The molecular formula is C20H19NO4. The number of methoxy groups -OCH3 is 1. The van der Waals surface area contributed by atoms with Gasteiger partial charge in [0.25, 0.3) is 5.56 Å². The summed E-state index contributed by atoms with van der Waals surface area (Å²) in [5.74, 6) is 0.173. The van der Waals surface area contributed by atoms with Crippen LogP contribution in [0.3, 0.4) is 0 Å². The fourth-order valence-electron chi connectivity index (χ4n) is 2.68. The summed E-state index contributed by atoms with van der Waals surface area (Å²) in [5.41, 5.74) is 0.769. The molecule has 0 spiro atoms. The van der Waals surface area contributed by atoms with Gasteiger partial charge in [-0.1, -0.05) is 24.3 Å². The number of hydrogen-bond donors (Lipinski definition) is 0. The second kappa shape index (κ2) is 6.81. The van der Waals surface area contributed by atoms with Crippen LogP contribution in [-0.4, -0.2) is 23.8 Å². The molecule has 0 radical (unpaired) electrons. The molecule has 2 aromatic carbocycles. The predicted octanol–water partition coefficient (Wildman–Crippen LogP) is 3.56. The molecule has 128 valence electrons. The van der Waals surface area contributed by atoms with Gasteiger partial charge < -0.3 is 9.47 Å². The van der Waals surface area contributed by atoms with Crippen molar-refractivity contribution < 1.29 is 14.3 Å². The van der Waals surface area contributed by atoms with Crippen molar-refractivity contribution in [3.05, 3.63) is 70.6 Å². The monoisotopic (exact) mass is 337 g/mol. The zero-order valence-electron chi connectivity index (χ0n) is 14.4. The van der Waals surface area contributed by atoms with Crippen LogP contribution in [0.4, 0.5) is 0 Å². The van der Waals surface area contributed by atoms with E-state index in [-0.39, 0.29) is 11.7 Å². The molecule has 5 heteroatoms. The van der Waals surface area contributed by atoms with E-state index in [2.05, 4.69) is 0 Å². The lowest BCUT2D eigenvalue weighted by molar-refractivity contribution is 0.0379. The number of rotatable bonds is 4. The highest BCUT2D eigenvalue weighted by atomic mass is 16.5. The van der Waals surface area contributed by atoms with Gasteiger partial charge in [-0.25, -0.2) is 4.79 Å². The quantitative estimate of drug-likeness (QED) is 0.683. The third kappa shape index (κ3) is 3.26. The summed E-state index contributed by atoms with van der Waals surface area (Å²) < 4.78 is 12.0. The average molecular weight is 337 g/mol. The molecule has 0 saturated carbocycles. The molecule has 0 aliphatic heterocycles. The normalized spacial score (nSPS) is 10.9. The SMILES string of the molecule is COc1cccc(-n2cc(C(=O)OC(C)C)c3ccccc3c2=O)c1. The smallest absolute Gasteiger partial charge is 0.340 e. The first-order valence-electron chi connectivity index (χ1n) is 8.01. The van der Waals surface area contributed by atoms with Crippen LogP contribution in [0.25, 0.3) is 16.5 Å². The number of carbonyl (C=O) groups excluding carboxylic acids is 1. The second-order valence-electron chi connectivity index (χ2n) is 5.92. The molecule has 0 fully saturated rings. The molecular weight excluding hydrogens is 318 g/mol. The van der Waals surface area contributed by atoms with Crippen molar-refractivity contribution in [1.82, 2.24) is 4.57 Å². The van der Waals surface area contributed by atoms with Crippen LogP contribution in [0.2, 0.25) is 0 Å². The van der Waals surface area contributed by atoms with Gasteiger partial charge in [-0.3, -0.25) is 9.36 Å². The van der Waals surface area contributed by atoms with E-state index in [9.17, 15) is 9.59 Å². The fourth-order valence-corrected chi connectivity index (χ4v) is 2.68. The van der Waals surface area contributed by atoms with Gasteiger partial charge in [0, 0.05) is 23.0 Å². The number of hydrogen-bond acceptors (Lipinski definition) is 4. The maximum absolute atomic E-state index is 12.9. The van der Waals surface area contributed by atoms with E-state index >= 15 is 0 Å². The Hall–Kier alpha value is -3.08. The van der Waals surface area contributed by atoms with Crippen LogP contribution < -0.4 is 10.3 Å². The first-order chi connectivity index (χ1) is 12.0. The minimum absolute atomic E-state index is 0.204. The van der Waals surface area contributed by atoms with Gasteiger partial charge in [0.15, 0.2) is 0 Å². The summed E-state index contributed by atoms with van der Waals surface area (Å²) in [6, 6.07) is 14.2. The molecule has 0 aliphatic rings. The van der Waals surface area contributed by atoms with Gasteiger partial charge in [-0.2, -0.15) is 0 Å². The zero-order chi connectivity index (χ0) is 18.0. The Kier molecular flexibility index (Phi) is 4.57. The number of benzene rings is 2. The average Bonchev–Trinajstić information content (AvgIpc) is 2.61. The van der Waals surface area contributed by atoms with Crippen molar-refractivity contribution >= 4 is 16.7 Å². The lowest BCUT2D eigenvalue weighted by Crippen LogP contribution is -2.22. The lowest BCUT2D eigenvalue weighted by Gasteiger charge is -2.14. The van der Waals surface area contributed by atoms with Gasteiger partial charge in [0.05, 0.1) is 24.5 Å². The topological polar surface area (TPSA) is 57.5 Å². The molecule has 1 heterocycles. The Morgan fingerprint density at radius 3 is 2.44 bits per heavy atom. The molecule has 0 N–H and O–H groups in total. The van der Waals surface area contributed by atoms with Gasteiger partial charge in [-0.15, -0.1) is 0 Å². The van der Waals surface area contributed by atoms with Crippen molar-refractivity contribution in [2.75, 3.05) is 7.11 Å². The lowest BCUT2D eigenvalue weighted by atomic mass is 10.1. The molecule has 5 nitrogen and oxygen atoms in total. The maximum atomic E-state index is 12.9. The molecule has 0 bridgehead atoms. The summed E-state index contributed by atoms with van der Waals surface area (Å²) in [7, 11) is 1.56. The van der Waals surface area contributed by atoms with E-state index in [1.807, 2.05) is 0 Å². The number of carbonyl (C=O) groups is 1. The highest BCUT2D eigenvalue weighted by Gasteiger charge is 2.17. The molecule has 3 aromatic rings. The van der Waals surface area contributed by atoms with Crippen LogP contribution in [0.5, 0.6) is 5.75 Å². The van der Waals surface area contributed by atoms with Crippen molar-refractivity contribution in [2.24, 2.45) is 0 Å². The number of ether oxygens (including phenoxy) is 2. The molecule has 0 amide bonds. The van der Waals surface area contributed by atoms with E-state index in [1.54, 1.807) is 69.5 Å². The summed E-state index contributed by atoms with van der Waals surface area (Å²) in [4.78, 5) is 25.4. The van der Waals surface area contributed by atoms with E-state index in [4.69, 9.17) is 9.47 Å². The van der Waals surface area contributed by atoms with Crippen LogP contribution in [-0.2, 0) is 4.74 Å². The predicted molar refractivity (Wildman–Crippen MR) is 96.6 cm³/mol. The summed E-state index contributed by atoms with van der Waals surface area (Å²) in [6.07, 6.45) is 1.29. The molecule has 0 saturated heterocycles. The minimum atomic E-state index is -0.456. The van der Waals surface area contributed by atoms with Crippen LogP contribution in [0.1, 0.15) is 24.2 Å². The van der Waals surface area contributed by atoms with Crippen molar-refractivity contribution in [3.63, 3.8) is 0 Å². The molecule has 0 aliphatic carbocycles. The standard InChI is InChI=1S/C20H19NO4/c1-13(2)25-20(23)18-12-21(14-7-6-8-15(11-14)24-3)19(22)17-10-5-4-9-16(17)18/h4-13H,1-3H3. The second-order valence-corrected chi connectivity index (χ2v) is 5.92. The van der Waals surface area contributed by atoms with Crippen molar-refractivity contribution in [2.45, 2.75) is 20.0 Å². The first kappa shape index (κ1) is 16.8. The molecule has 3 rings (SSSR count). The number of esters is 1. The zero-order valence-corrected chi connectivity index (χ0v) is 14.4. The third-order valence-electron chi connectivity index (χ3n) is 3.82. The number of nitrogens with zero attached hydrogens (tertiary/aromatic N) is 1. The minimum Gasteiger partial charge on any atom is -0.497 e. The Labute approximate surface area is 145 Å². The van der Waals surface area contributed by atoms with Gasteiger partial charge >= 0.3 is 5.97 Å². The van der Waals surface area contributed by atoms with Crippen molar-refractivity contribution in [3.8, 4) is 11.4 Å². The molecule has 0 atom stereocenters. The maximum Gasteiger partial charge on any atom is 0.340 e. The Morgan fingerprint density at radius 1 is 1.04 bits per heavy atom. The van der Waals surface area contributed by atoms with E-state index in [0.717, 1.165) is 0 Å².